The second kappa shape index (κ2) is 9.65. The second-order valence-corrected chi connectivity index (χ2v) is 5.13. The summed E-state index contributed by atoms with van der Waals surface area (Å²) < 4.78 is 5.83. The Bertz CT molecular complexity index is 497. The van der Waals surface area contributed by atoms with Crippen LogP contribution < -0.4 is 15.2 Å². The Labute approximate surface area is 131 Å². The minimum atomic E-state index is 0.425. The number of benzene rings is 1. The predicted molar refractivity (Wildman–Crippen MR) is 83.9 cm³/mol. The molecule has 1 unspecified atom stereocenters. The number of carbonyl (C=O) groups is 2. The summed E-state index contributed by atoms with van der Waals surface area (Å²) >= 11 is 0. The Hall–Kier alpha value is -2.24. The van der Waals surface area contributed by atoms with Crippen LogP contribution in [0.5, 0.6) is 5.75 Å². The monoisotopic (exact) mass is 306 g/mol. The molecule has 0 aliphatic rings. The van der Waals surface area contributed by atoms with E-state index < -0.39 is 0 Å². The smallest absolute Gasteiger partial charge is 0.220 e. The van der Waals surface area contributed by atoms with Gasteiger partial charge >= 0.3 is 0 Å². The molecule has 0 radical (unpaired) electrons. The summed E-state index contributed by atoms with van der Waals surface area (Å²) in [6, 6.07) is 4.81. The van der Waals surface area contributed by atoms with E-state index in [1.807, 2.05) is 0 Å². The largest absolute Gasteiger partial charge is 0.491 e. The van der Waals surface area contributed by atoms with Crippen LogP contribution in [0.3, 0.4) is 0 Å². The van der Waals surface area contributed by atoms with Crippen LogP contribution in [0.25, 0.3) is 0 Å². The molecule has 0 aliphatic heterocycles. The molecule has 0 saturated heterocycles. The lowest BCUT2D eigenvalue weighted by Crippen LogP contribution is -2.22. The van der Waals surface area contributed by atoms with Gasteiger partial charge in [0.2, 0.25) is 12.8 Å². The van der Waals surface area contributed by atoms with Crippen molar-refractivity contribution in [1.29, 1.82) is 0 Å². The van der Waals surface area contributed by atoms with Crippen LogP contribution >= 0.6 is 0 Å². The summed E-state index contributed by atoms with van der Waals surface area (Å²) in [5.74, 6) is 0.936. The molecule has 2 N–H and O–H groups in total. The Balaban J connectivity index is 2.86. The number of unbranched alkanes of at least 4 members (excludes halogenated alkanes) is 1. The molecule has 1 aromatic rings. The molecule has 22 heavy (non-hydrogen) atoms. The standard InChI is InChI=1S/C16H23N3O3/c1-3-5-6-13(4-2)10-22-16-9-14(19(11-20)12-21)7-8-15(16)18-17/h7-9,11-13,17H,3-6,10H2,1-2H3/p+1. The molecule has 6 heteroatoms. The first-order valence-corrected chi connectivity index (χ1v) is 7.56. The highest BCUT2D eigenvalue weighted by molar-refractivity contribution is 5.95. The van der Waals surface area contributed by atoms with Gasteiger partial charge in [0.05, 0.1) is 12.3 Å². The van der Waals surface area contributed by atoms with Crippen LogP contribution in [-0.2, 0) is 9.59 Å². The van der Waals surface area contributed by atoms with Crippen molar-refractivity contribution < 1.29 is 19.9 Å². The summed E-state index contributed by atoms with van der Waals surface area (Å²) in [4.78, 5) is 22.6. The summed E-state index contributed by atoms with van der Waals surface area (Å²) in [7, 11) is 0. The van der Waals surface area contributed by atoms with E-state index in [-0.39, 0.29) is 0 Å². The second-order valence-electron chi connectivity index (χ2n) is 5.13. The average molecular weight is 306 g/mol. The molecule has 1 aromatic carbocycles. The number of anilines is 1. The van der Waals surface area contributed by atoms with Gasteiger partial charge in [-0.25, -0.2) is 0 Å². The van der Waals surface area contributed by atoms with Crippen molar-refractivity contribution in [2.45, 2.75) is 39.5 Å². The Morgan fingerprint density at radius 2 is 2.05 bits per heavy atom. The third-order valence-electron chi connectivity index (χ3n) is 3.63. The summed E-state index contributed by atoms with van der Waals surface area (Å²) in [5.41, 5.74) is 6.27. The van der Waals surface area contributed by atoms with Gasteiger partial charge < -0.3 is 4.74 Å². The third-order valence-corrected chi connectivity index (χ3v) is 3.63. The number of hydrogen-bond acceptors (Lipinski definition) is 4. The highest BCUT2D eigenvalue weighted by Crippen LogP contribution is 2.31. The maximum Gasteiger partial charge on any atom is 0.220 e. The van der Waals surface area contributed by atoms with E-state index in [0.717, 1.165) is 24.2 Å². The zero-order chi connectivity index (χ0) is 16.4. The topological polar surface area (TPSA) is 84.6 Å². The molecule has 0 aromatic heterocycles. The van der Waals surface area contributed by atoms with Crippen LogP contribution in [-0.4, -0.2) is 19.4 Å². The summed E-state index contributed by atoms with van der Waals surface area (Å²) in [5, 5.41) is 3.67. The summed E-state index contributed by atoms with van der Waals surface area (Å²) in [6.45, 7) is 4.86. The van der Waals surface area contributed by atoms with E-state index in [1.165, 1.54) is 6.42 Å². The van der Waals surface area contributed by atoms with Crippen molar-refractivity contribution in [3.63, 3.8) is 0 Å². The normalized spacial score (nSPS) is 11.5. The van der Waals surface area contributed by atoms with E-state index in [9.17, 15) is 9.59 Å². The van der Waals surface area contributed by atoms with Crippen LogP contribution in [0.1, 0.15) is 39.5 Å². The zero-order valence-corrected chi connectivity index (χ0v) is 13.2. The van der Waals surface area contributed by atoms with Crippen molar-refractivity contribution in [3.05, 3.63) is 18.2 Å². The highest BCUT2D eigenvalue weighted by atomic mass is 16.5. The number of nitrogens with two attached hydrogens (primary N) is 1. The molecule has 0 aliphatic carbocycles. The number of imide groups is 1. The summed E-state index contributed by atoms with van der Waals surface area (Å²) in [6.07, 6.45) is 5.35. The highest BCUT2D eigenvalue weighted by Gasteiger charge is 2.13. The first-order valence-electron chi connectivity index (χ1n) is 7.56. The van der Waals surface area contributed by atoms with E-state index in [0.29, 0.717) is 42.5 Å². The fraction of sp³-hybridized carbons (Fsp3) is 0.500. The molecular weight excluding hydrogens is 282 g/mol. The molecule has 0 fully saturated rings. The van der Waals surface area contributed by atoms with Gasteiger partial charge in [-0.1, -0.05) is 33.1 Å². The number of nitrogens with zero attached hydrogens (tertiary/aromatic N) is 2. The molecule has 0 saturated carbocycles. The lowest BCUT2D eigenvalue weighted by Gasteiger charge is -2.17. The maximum absolute atomic E-state index is 10.8. The van der Waals surface area contributed by atoms with Crippen LogP contribution in [0, 0.1) is 5.92 Å². The van der Waals surface area contributed by atoms with E-state index in [1.54, 1.807) is 18.2 Å². The van der Waals surface area contributed by atoms with E-state index in [4.69, 9.17) is 10.3 Å². The van der Waals surface area contributed by atoms with Gasteiger partial charge in [-0.05, 0) is 29.6 Å². The lowest BCUT2D eigenvalue weighted by atomic mass is 10.0. The van der Waals surface area contributed by atoms with Gasteiger partial charge in [-0.15, -0.1) is 0 Å². The van der Waals surface area contributed by atoms with Crippen molar-refractivity contribution in [3.8, 4) is 5.75 Å². The number of rotatable bonds is 11. The maximum atomic E-state index is 10.8. The molecule has 1 rings (SSSR count). The molecular formula is C16H24N3O3+. The van der Waals surface area contributed by atoms with Crippen molar-refractivity contribution >= 4 is 24.2 Å². The Morgan fingerprint density at radius 1 is 1.32 bits per heavy atom. The van der Waals surface area contributed by atoms with Gasteiger partial charge in [0.25, 0.3) is 0 Å². The van der Waals surface area contributed by atoms with Crippen LogP contribution in [0.15, 0.2) is 23.3 Å². The molecule has 2 amide bonds. The quantitative estimate of drug-likeness (QED) is 0.502. The average Bonchev–Trinajstić information content (AvgIpc) is 2.56. The Morgan fingerprint density at radius 3 is 2.59 bits per heavy atom. The van der Waals surface area contributed by atoms with Gasteiger partial charge in [0.1, 0.15) is 0 Å². The Kier molecular flexibility index (Phi) is 7.81. The van der Waals surface area contributed by atoms with Crippen LogP contribution in [0.4, 0.5) is 11.4 Å². The zero-order valence-electron chi connectivity index (χ0n) is 13.2. The molecule has 0 heterocycles. The minimum absolute atomic E-state index is 0.425. The van der Waals surface area contributed by atoms with Gasteiger partial charge in [-0.3, -0.25) is 14.5 Å². The van der Waals surface area contributed by atoms with Crippen molar-refractivity contribution in [2.24, 2.45) is 11.0 Å². The van der Waals surface area contributed by atoms with Crippen molar-refractivity contribution in [2.75, 3.05) is 11.5 Å². The van der Waals surface area contributed by atoms with Gasteiger partial charge in [-0.2, -0.15) is 5.53 Å². The fourth-order valence-electron chi connectivity index (χ4n) is 2.14. The number of ether oxygens (including phenoxy) is 1. The number of carbonyl (C=O) groups excluding carboxylic acids is 2. The SMILES string of the molecule is CCCCC(CC)COc1cc(N(C=O)C=O)ccc1N=[NH2+]. The molecule has 120 valence electrons. The van der Waals surface area contributed by atoms with Gasteiger partial charge in [0, 0.05) is 6.07 Å². The first-order chi connectivity index (χ1) is 10.7. The van der Waals surface area contributed by atoms with Gasteiger partial charge in [0.15, 0.2) is 11.4 Å². The molecule has 0 bridgehead atoms. The number of hydrogen-bond donors (Lipinski definition) is 1. The molecule has 1 atom stereocenters. The first kappa shape index (κ1) is 17.8. The van der Waals surface area contributed by atoms with Crippen LogP contribution in [0.2, 0.25) is 0 Å². The third kappa shape index (κ3) is 4.95. The minimum Gasteiger partial charge on any atom is -0.491 e. The van der Waals surface area contributed by atoms with Crippen molar-refractivity contribution in [1.82, 2.24) is 0 Å². The van der Waals surface area contributed by atoms with E-state index >= 15 is 0 Å². The molecule has 6 nitrogen and oxygen atoms in total. The molecule has 0 spiro atoms. The lowest BCUT2D eigenvalue weighted by molar-refractivity contribution is -0.210. The number of amides is 2. The fourth-order valence-corrected chi connectivity index (χ4v) is 2.14. The van der Waals surface area contributed by atoms with E-state index in [2.05, 4.69) is 19.0 Å². The predicted octanol–water partition coefficient (Wildman–Crippen LogP) is 2.24.